The fourth-order valence-corrected chi connectivity index (χ4v) is 22.2. The smallest absolute Gasteiger partial charge is 0.329 e. The molecule has 83 heavy (non-hydrogen) atoms. The maximum absolute atomic E-state index is 7.57. The van der Waals surface area contributed by atoms with Crippen LogP contribution in [0.15, 0.2) is 131 Å². The van der Waals surface area contributed by atoms with Crippen LogP contribution in [0.3, 0.4) is 0 Å². The van der Waals surface area contributed by atoms with E-state index in [1.165, 1.54) is 195 Å². The fourth-order valence-electron chi connectivity index (χ4n) is 22.2. The zero-order chi connectivity index (χ0) is 55.8. The maximum Gasteiger partial charge on any atom is 0.329 e. The highest BCUT2D eigenvalue weighted by molar-refractivity contribution is 6.86. The van der Waals surface area contributed by atoms with Crippen molar-refractivity contribution in [1.82, 2.24) is 4.48 Å². The minimum Gasteiger partial charge on any atom is -0.455 e. The Morgan fingerprint density at radius 1 is 0.506 bits per heavy atom. The lowest BCUT2D eigenvalue weighted by molar-refractivity contribution is -0.00527. The van der Waals surface area contributed by atoms with E-state index in [2.05, 4.69) is 193 Å². The lowest BCUT2D eigenvalue weighted by Crippen LogP contribution is -2.52. The van der Waals surface area contributed by atoms with Crippen LogP contribution in [0.4, 0.5) is 11.4 Å². The number of nitrogens with zero attached hydrogens (tertiary/aromatic N) is 2. The number of anilines is 2. The van der Waals surface area contributed by atoms with Gasteiger partial charge in [-0.2, -0.15) is 0 Å². The van der Waals surface area contributed by atoms with E-state index < -0.39 is 0 Å². The Bertz CT molecular complexity index is 4360. The Morgan fingerprint density at radius 3 is 1.76 bits per heavy atom. The van der Waals surface area contributed by atoms with Crippen LogP contribution in [0.2, 0.25) is 0 Å². The zero-order valence-electron chi connectivity index (χ0n) is 50.8. The number of furan rings is 1. The van der Waals surface area contributed by atoms with Crippen LogP contribution < -0.4 is 10.4 Å². The fraction of sp³-hybridized carbons (Fsp3) is 0.443. The van der Waals surface area contributed by atoms with Crippen molar-refractivity contribution in [2.24, 2.45) is 35.5 Å². The van der Waals surface area contributed by atoms with E-state index in [0.717, 1.165) is 46.7 Å². The first-order valence-corrected chi connectivity index (χ1v) is 32.9. The number of para-hydroxylation sites is 1. The quantitative estimate of drug-likeness (QED) is 0.164. The molecule has 4 heterocycles. The summed E-state index contributed by atoms with van der Waals surface area (Å²) in [6.45, 7) is 22.4. The van der Waals surface area contributed by atoms with E-state index in [4.69, 9.17) is 4.42 Å². The molecule has 4 heteroatoms. The number of hydrogen-bond acceptors (Lipinski definition) is 2. The van der Waals surface area contributed by atoms with Crippen molar-refractivity contribution in [2.75, 3.05) is 4.90 Å². The Morgan fingerprint density at radius 2 is 1.11 bits per heavy atom. The van der Waals surface area contributed by atoms with Crippen LogP contribution in [-0.4, -0.2) is 11.3 Å². The van der Waals surface area contributed by atoms with E-state index in [1.807, 2.05) is 0 Å². The molecule has 0 unspecified atom stereocenters. The first-order chi connectivity index (χ1) is 39.8. The van der Waals surface area contributed by atoms with E-state index in [1.54, 1.807) is 16.7 Å². The van der Waals surface area contributed by atoms with Crippen molar-refractivity contribution in [1.29, 1.82) is 0 Å². The van der Waals surface area contributed by atoms with Gasteiger partial charge in [0.2, 0.25) is 0 Å². The van der Waals surface area contributed by atoms with Crippen LogP contribution in [0.5, 0.6) is 0 Å². The summed E-state index contributed by atoms with van der Waals surface area (Å²) in [5.74, 6) is 5.23. The molecule has 8 bridgehead atoms. The van der Waals surface area contributed by atoms with Crippen LogP contribution >= 0.6 is 0 Å². The standard InChI is InChI=1S/C79H81BN2O/c1-74(2,3)51-19-21-64(55(31-51)50-15-11-10-12-16-50)81-66-36-58-54-17-13-14-18-67(54)83-72(58)68-60-34-53(79-41-47-28-48(42-79)30-49(29-47)43-79)33-57-56-32-52(78-38-44-25-45(39-78)27-46(26-44)40-78)20-22-65(56)82(70(57)60)80(69(66)68)73-71(81)59-35-62-63(37-61(59)77(73,8)9)76(6,7)24-23-75(62,4)5/h10-22,31-37,44-49H,23-30,38-43H2,1-9H3. The van der Waals surface area contributed by atoms with Gasteiger partial charge in [-0.3, -0.25) is 0 Å². The number of allylic oxidation sites excluding steroid dienone is 1. The number of aromatic nitrogens is 1. The molecular weight excluding hydrogens is 1000 g/mol. The van der Waals surface area contributed by atoms with E-state index in [9.17, 15) is 0 Å². The summed E-state index contributed by atoms with van der Waals surface area (Å²) in [6, 6.07) is 49.8. The molecule has 12 aliphatic rings. The third kappa shape index (κ3) is 6.40. The first kappa shape index (κ1) is 49.1. The third-order valence-electron chi connectivity index (χ3n) is 25.5. The molecule has 0 N–H and O–H groups in total. The molecule has 416 valence electrons. The summed E-state index contributed by atoms with van der Waals surface area (Å²) in [5, 5.41) is 5.42. The molecule has 2 aromatic heterocycles. The second kappa shape index (κ2) is 15.8. The zero-order valence-corrected chi connectivity index (χ0v) is 50.8. The highest BCUT2D eigenvalue weighted by atomic mass is 16.3. The summed E-state index contributed by atoms with van der Waals surface area (Å²) in [5.41, 5.74) is 27.9. The van der Waals surface area contributed by atoms with Crippen molar-refractivity contribution in [3.8, 4) is 22.3 Å². The summed E-state index contributed by atoms with van der Waals surface area (Å²) in [6.07, 6.45) is 19.3. The molecule has 9 aromatic rings. The van der Waals surface area contributed by atoms with E-state index in [-0.39, 0.29) is 33.9 Å². The highest BCUT2D eigenvalue weighted by Crippen LogP contribution is 2.66. The lowest BCUT2D eigenvalue weighted by Gasteiger charge is -2.57. The van der Waals surface area contributed by atoms with Gasteiger partial charge in [0.05, 0.1) is 5.69 Å². The molecule has 0 spiro atoms. The van der Waals surface area contributed by atoms with Gasteiger partial charge < -0.3 is 13.8 Å². The van der Waals surface area contributed by atoms with Gasteiger partial charge in [-0.1, -0.05) is 129 Å². The molecule has 8 saturated carbocycles. The molecule has 2 aliphatic heterocycles. The van der Waals surface area contributed by atoms with Gasteiger partial charge in [0.25, 0.3) is 0 Å². The predicted molar refractivity (Wildman–Crippen MR) is 347 cm³/mol. The molecule has 0 amide bonds. The average Bonchev–Trinajstić information content (AvgIpc) is 1.61. The number of benzene rings is 7. The van der Waals surface area contributed by atoms with Gasteiger partial charge in [0.15, 0.2) is 0 Å². The van der Waals surface area contributed by atoms with E-state index >= 15 is 0 Å². The van der Waals surface area contributed by atoms with Crippen LogP contribution in [0.1, 0.15) is 191 Å². The van der Waals surface area contributed by atoms with E-state index in [0.29, 0.717) is 5.41 Å². The van der Waals surface area contributed by atoms with Gasteiger partial charge >= 0.3 is 6.85 Å². The molecule has 3 nitrogen and oxygen atoms in total. The predicted octanol–water partition coefficient (Wildman–Crippen LogP) is 20.1. The molecule has 21 rings (SSSR count). The molecule has 7 aromatic carbocycles. The number of rotatable bonds is 4. The Hall–Kier alpha value is -6.26. The first-order valence-electron chi connectivity index (χ1n) is 32.9. The number of hydrogen-bond donors (Lipinski definition) is 0. The topological polar surface area (TPSA) is 21.3 Å². The van der Waals surface area contributed by atoms with Crippen molar-refractivity contribution < 1.29 is 4.42 Å². The van der Waals surface area contributed by atoms with Crippen molar-refractivity contribution in [3.05, 3.63) is 166 Å². The van der Waals surface area contributed by atoms with Gasteiger partial charge in [0, 0.05) is 71.6 Å². The number of fused-ring (bicyclic) bond motifs is 13. The Kier molecular flexibility index (Phi) is 9.33. The molecule has 0 atom stereocenters. The van der Waals surface area contributed by atoms with Gasteiger partial charge in [-0.05, 0) is 257 Å². The minimum absolute atomic E-state index is 0.0404. The summed E-state index contributed by atoms with van der Waals surface area (Å²) >= 11 is 0. The summed E-state index contributed by atoms with van der Waals surface area (Å²) in [4.78, 5) is 2.84. The van der Waals surface area contributed by atoms with Crippen LogP contribution in [-0.2, 0) is 32.5 Å². The monoisotopic (exact) mass is 1080 g/mol. The molecule has 10 aliphatic carbocycles. The summed E-state index contributed by atoms with van der Waals surface area (Å²) in [7, 11) is 0. The minimum atomic E-state index is -0.338. The van der Waals surface area contributed by atoms with Gasteiger partial charge in [0.1, 0.15) is 11.2 Å². The third-order valence-corrected chi connectivity index (χ3v) is 25.5. The lowest BCUT2D eigenvalue weighted by atomic mass is 9.40. The molecule has 0 saturated heterocycles. The second-order valence-electron chi connectivity index (χ2n) is 32.8. The SMILES string of the molecule is CC(C)(C)c1ccc(N2C3=C(B4c5c2cc2c(oc6ccccc62)c5-c2cc(C56CC7CC(CC(C7)C5)C6)cc5c6cc(C78CC9CC(CC(C9)C7)C8)ccc6n4c25)C(C)(C)c2cc4c(cc23)C(C)(C)CCC4(C)C)c(-c2ccccc2)c1. The largest absolute Gasteiger partial charge is 0.455 e. The Labute approximate surface area is 492 Å². The summed E-state index contributed by atoms with van der Waals surface area (Å²) < 4.78 is 10.5. The van der Waals surface area contributed by atoms with Crippen molar-refractivity contribution >= 4 is 73.1 Å². The normalized spacial score (nSPS) is 29.6. The van der Waals surface area contributed by atoms with Crippen LogP contribution in [0.25, 0.3) is 71.7 Å². The van der Waals surface area contributed by atoms with Gasteiger partial charge in [-0.25, -0.2) is 0 Å². The Balaban J connectivity index is 0.981. The molecule has 8 fully saturated rings. The average molecular weight is 1090 g/mol. The van der Waals surface area contributed by atoms with Gasteiger partial charge in [-0.15, -0.1) is 0 Å². The highest BCUT2D eigenvalue weighted by Gasteiger charge is 2.58. The van der Waals surface area contributed by atoms with Crippen molar-refractivity contribution in [3.63, 3.8) is 0 Å². The van der Waals surface area contributed by atoms with Crippen molar-refractivity contribution in [2.45, 2.75) is 185 Å². The maximum atomic E-state index is 7.57. The molecular formula is C79H81BN2O. The molecule has 0 radical (unpaired) electrons. The van der Waals surface area contributed by atoms with Crippen LogP contribution in [0, 0.1) is 35.5 Å². The second-order valence-corrected chi connectivity index (χ2v) is 32.8.